The summed E-state index contributed by atoms with van der Waals surface area (Å²) < 4.78 is 1.51. The van der Waals surface area contributed by atoms with Crippen LogP contribution in [0.3, 0.4) is 0 Å². The van der Waals surface area contributed by atoms with Gasteiger partial charge in [-0.05, 0) is 19.9 Å². The molecule has 0 bridgehead atoms. The number of pyridine rings is 1. The molecule has 94 valence electrons. The first-order valence-corrected chi connectivity index (χ1v) is 5.45. The van der Waals surface area contributed by atoms with Crippen LogP contribution in [0.15, 0.2) is 17.4 Å². The Labute approximate surface area is 108 Å². The highest BCUT2D eigenvalue weighted by Gasteiger charge is 2.15. The maximum Gasteiger partial charge on any atom is 0.175 e. The van der Waals surface area contributed by atoms with Gasteiger partial charge >= 0.3 is 0 Å². The first kappa shape index (κ1) is 12.3. The number of hydrogen-bond acceptors (Lipinski definition) is 5. The molecule has 2 heterocycles. The van der Waals surface area contributed by atoms with Gasteiger partial charge in [-0.2, -0.15) is 4.68 Å². The Morgan fingerprint density at radius 1 is 1.50 bits per heavy atom. The summed E-state index contributed by atoms with van der Waals surface area (Å²) in [7, 11) is 0. The average Bonchev–Trinajstić information content (AvgIpc) is 2.68. The molecule has 2 aromatic rings. The molecule has 2 aromatic heterocycles. The van der Waals surface area contributed by atoms with E-state index < -0.39 is 0 Å². The third-order valence-electron chi connectivity index (χ3n) is 2.33. The molecule has 7 nitrogen and oxygen atoms in total. The first-order valence-electron chi connectivity index (χ1n) is 5.07. The summed E-state index contributed by atoms with van der Waals surface area (Å²) in [6, 6.07) is 1.56. The number of aromatic nitrogens is 4. The van der Waals surface area contributed by atoms with Crippen molar-refractivity contribution in [3.05, 3.63) is 34.5 Å². The Kier molecular flexibility index (Phi) is 3.15. The molecule has 0 fully saturated rings. The number of aryl methyl sites for hydroxylation is 2. The molecule has 0 aliphatic carbocycles. The lowest BCUT2D eigenvalue weighted by molar-refractivity contribution is 0.318. The summed E-state index contributed by atoms with van der Waals surface area (Å²) in [5.74, 6) is 1.56. The van der Waals surface area contributed by atoms with E-state index >= 15 is 0 Å². The second-order valence-electron chi connectivity index (χ2n) is 3.60. The molecule has 0 atom stereocenters. The highest BCUT2D eigenvalue weighted by atomic mass is 35.5. The molecular formula is C10H11ClN6O. The van der Waals surface area contributed by atoms with Crippen molar-refractivity contribution >= 4 is 17.4 Å². The van der Waals surface area contributed by atoms with E-state index in [1.165, 1.54) is 10.9 Å². The Hall–Kier alpha value is -2.15. The first-order chi connectivity index (χ1) is 8.54. The third-order valence-corrected chi connectivity index (χ3v) is 2.70. The predicted molar refractivity (Wildman–Crippen MR) is 66.1 cm³/mol. The lowest BCUT2D eigenvalue weighted by Gasteiger charge is -2.07. The Morgan fingerprint density at radius 3 is 2.78 bits per heavy atom. The van der Waals surface area contributed by atoms with Crippen molar-refractivity contribution in [1.82, 2.24) is 19.7 Å². The maximum atomic E-state index is 8.68. The lowest BCUT2D eigenvalue weighted by atomic mass is 10.2. The van der Waals surface area contributed by atoms with Crippen molar-refractivity contribution in [1.29, 1.82) is 0 Å². The van der Waals surface area contributed by atoms with Crippen molar-refractivity contribution in [2.75, 3.05) is 0 Å². The second-order valence-corrected chi connectivity index (χ2v) is 3.98. The van der Waals surface area contributed by atoms with Crippen LogP contribution in [-0.4, -0.2) is 30.8 Å². The number of amidine groups is 1. The van der Waals surface area contributed by atoms with E-state index in [0.717, 1.165) is 0 Å². The summed E-state index contributed by atoms with van der Waals surface area (Å²) in [5.41, 5.74) is 5.91. The molecule has 0 unspecified atom stereocenters. The van der Waals surface area contributed by atoms with E-state index in [1.54, 1.807) is 19.9 Å². The molecular weight excluding hydrogens is 256 g/mol. The van der Waals surface area contributed by atoms with Crippen molar-refractivity contribution in [3.8, 4) is 5.82 Å². The van der Waals surface area contributed by atoms with Crippen molar-refractivity contribution in [2.24, 2.45) is 10.9 Å². The zero-order valence-electron chi connectivity index (χ0n) is 9.79. The van der Waals surface area contributed by atoms with Gasteiger partial charge in [0.1, 0.15) is 11.6 Å². The monoisotopic (exact) mass is 266 g/mol. The molecule has 18 heavy (non-hydrogen) atoms. The lowest BCUT2D eigenvalue weighted by Crippen LogP contribution is -2.15. The fourth-order valence-electron chi connectivity index (χ4n) is 1.55. The average molecular weight is 267 g/mol. The fourth-order valence-corrected chi connectivity index (χ4v) is 1.84. The van der Waals surface area contributed by atoms with Crippen molar-refractivity contribution in [2.45, 2.75) is 13.8 Å². The van der Waals surface area contributed by atoms with E-state index in [9.17, 15) is 0 Å². The van der Waals surface area contributed by atoms with Crippen LogP contribution in [0.1, 0.15) is 17.2 Å². The number of hydrogen-bond donors (Lipinski definition) is 2. The van der Waals surface area contributed by atoms with E-state index in [1.807, 2.05) is 0 Å². The normalized spacial score (nSPS) is 11.8. The number of halogens is 1. The van der Waals surface area contributed by atoms with Crippen LogP contribution < -0.4 is 5.73 Å². The Balaban J connectivity index is 2.63. The molecule has 0 aromatic carbocycles. The smallest absolute Gasteiger partial charge is 0.175 e. The molecule has 0 radical (unpaired) electrons. The molecule has 8 heteroatoms. The molecule has 0 aliphatic heterocycles. The minimum absolute atomic E-state index is 0.0851. The Morgan fingerprint density at radius 2 is 2.22 bits per heavy atom. The van der Waals surface area contributed by atoms with E-state index in [4.69, 9.17) is 22.5 Å². The van der Waals surface area contributed by atoms with Crippen LogP contribution in [0.25, 0.3) is 5.82 Å². The number of nitrogens with two attached hydrogens (primary N) is 1. The fraction of sp³-hybridized carbons (Fsp3) is 0.200. The van der Waals surface area contributed by atoms with Crippen LogP contribution in [0.5, 0.6) is 0 Å². The molecule has 3 N–H and O–H groups in total. The largest absolute Gasteiger partial charge is 0.409 e. The SMILES string of the molecule is Cc1nc(C)n(-c2nccc(/C(N)=N/O)c2Cl)n1. The van der Waals surface area contributed by atoms with Crippen LogP contribution in [0.2, 0.25) is 5.02 Å². The van der Waals surface area contributed by atoms with E-state index in [-0.39, 0.29) is 10.9 Å². The van der Waals surface area contributed by atoms with Crippen molar-refractivity contribution in [3.63, 3.8) is 0 Å². The van der Waals surface area contributed by atoms with Crippen LogP contribution in [-0.2, 0) is 0 Å². The molecule has 2 rings (SSSR count). The molecule has 0 saturated carbocycles. The van der Waals surface area contributed by atoms with E-state index in [2.05, 4.69) is 20.2 Å². The van der Waals surface area contributed by atoms with Gasteiger partial charge in [0.15, 0.2) is 11.7 Å². The zero-order valence-corrected chi connectivity index (χ0v) is 10.5. The van der Waals surface area contributed by atoms with Gasteiger partial charge < -0.3 is 10.9 Å². The third kappa shape index (κ3) is 2.00. The van der Waals surface area contributed by atoms with Crippen LogP contribution in [0, 0.1) is 13.8 Å². The molecule has 0 amide bonds. The van der Waals surface area contributed by atoms with Gasteiger partial charge in [-0.1, -0.05) is 16.8 Å². The topological polar surface area (TPSA) is 102 Å². The maximum absolute atomic E-state index is 8.68. The van der Waals surface area contributed by atoms with Crippen LogP contribution in [0.4, 0.5) is 0 Å². The van der Waals surface area contributed by atoms with Crippen molar-refractivity contribution < 1.29 is 5.21 Å². The van der Waals surface area contributed by atoms with Gasteiger partial charge in [0.2, 0.25) is 0 Å². The molecule has 0 saturated heterocycles. The van der Waals surface area contributed by atoms with E-state index in [0.29, 0.717) is 23.0 Å². The number of rotatable bonds is 2. The summed E-state index contributed by atoms with van der Waals surface area (Å²) >= 11 is 6.18. The minimum atomic E-state index is -0.0851. The summed E-state index contributed by atoms with van der Waals surface area (Å²) in [6.07, 6.45) is 1.50. The van der Waals surface area contributed by atoms with Gasteiger partial charge in [-0.15, -0.1) is 5.10 Å². The molecule has 0 spiro atoms. The number of oxime groups is 1. The summed E-state index contributed by atoms with van der Waals surface area (Å²) in [4.78, 5) is 8.30. The Bertz CT molecular complexity index is 621. The standard InChI is InChI=1S/C10H11ClN6O/c1-5-14-6(2)17(15-5)10-8(11)7(3-4-13-10)9(12)16-18/h3-4,18H,1-2H3,(H2,12,16). The quantitative estimate of drug-likeness (QED) is 0.366. The minimum Gasteiger partial charge on any atom is -0.409 e. The summed E-state index contributed by atoms with van der Waals surface area (Å²) in [6.45, 7) is 3.55. The van der Waals surface area contributed by atoms with Gasteiger partial charge in [0.25, 0.3) is 0 Å². The predicted octanol–water partition coefficient (Wildman–Crippen LogP) is 1.03. The zero-order chi connectivity index (χ0) is 13.3. The van der Waals surface area contributed by atoms with Gasteiger partial charge in [-0.3, -0.25) is 0 Å². The molecule has 0 aliphatic rings. The van der Waals surface area contributed by atoms with Gasteiger partial charge in [0, 0.05) is 11.8 Å². The van der Waals surface area contributed by atoms with Gasteiger partial charge in [-0.25, -0.2) is 9.97 Å². The van der Waals surface area contributed by atoms with Crippen LogP contribution >= 0.6 is 11.6 Å². The highest BCUT2D eigenvalue weighted by molar-refractivity contribution is 6.35. The van der Waals surface area contributed by atoms with Gasteiger partial charge in [0.05, 0.1) is 5.02 Å². The second kappa shape index (κ2) is 4.61. The summed E-state index contributed by atoms with van der Waals surface area (Å²) in [5, 5.41) is 16.0. The highest BCUT2D eigenvalue weighted by Crippen LogP contribution is 2.22. The number of nitrogens with zero attached hydrogens (tertiary/aromatic N) is 5.